The van der Waals surface area contributed by atoms with Crippen LogP contribution in [0.4, 0.5) is 0 Å². The van der Waals surface area contributed by atoms with Crippen LogP contribution in [0, 0.1) is 0 Å². The fourth-order valence-electron chi connectivity index (χ4n) is 0.983. The first-order chi connectivity index (χ1) is 5.38. The minimum absolute atomic E-state index is 0. The zero-order chi connectivity index (χ0) is 7.68. The standard InChI is InChI=1S/C8H6N2O.K/c11-8-4-5-9-7-3-1-2-6-10(7)8;/h1-6H;. The van der Waals surface area contributed by atoms with Crippen LogP contribution in [0.3, 0.4) is 0 Å². The molecule has 0 bridgehead atoms. The van der Waals surface area contributed by atoms with Gasteiger partial charge in [0.15, 0.2) is 0 Å². The molecule has 0 aliphatic heterocycles. The maximum Gasteiger partial charge on any atom is 0.257 e. The van der Waals surface area contributed by atoms with E-state index in [9.17, 15) is 4.79 Å². The van der Waals surface area contributed by atoms with Crippen molar-refractivity contribution in [3.8, 4) is 0 Å². The summed E-state index contributed by atoms with van der Waals surface area (Å²) < 4.78 is 1.50. The van der Waals surface area contributed by atoms with Crippen LogP contribution in [0.15, 0.2) is 41.5 Å². The second-order valence-corrected chi connectivity index (χ2v) is 2.21. The van der Waals surface area contributed by atoms with Crippen molar-refractivity contribution in [3.63, 3.8) is 0 Å². The molecule has 4 heteroatoms. The van der Waals surface area contributed by atoms with Crippen molar-refractivity contribution in [2.75, 3.05) is 0 Å². The number of fused-ring (bicyclic) bond motifs is 1. The van der Waals surface area contributed by atoms with Gasteiger partial charge in [0, 0.05) is 69.8 Å². The zero-order valence-electron chi connectivity index (χ0n) is 6.77. The summed E-state index contributed by atoms with van der Waals surface area (Å²) in [4.78, 5) is 15.1. The van der Waals surface area contributed by atoms with Crippen molar-refractivity contribution >= 4 is 57.0 Å². The van der Waals surface area contributed by atoms with Crippen LogP contribution in [0.1, 0.15) is 0 Å². The topological polar surface area (TPSA) is 34.4 Å². The summed E-state index contributed by atoms with van der Waals surface area (Å²) in [5.41, 5.74) is 0.635. The SMILES string of the molecule is O=c1ccnc2ccccn12.[K]. The van der Waals surface area contributed by atoms with E-state index in [0.717, 1.165) is 0 Å². The largest absolute Gasteiger partial charge is 0.269 e. The molecule has 0 N–H and O–H groups in total. The third kappa shape index (κ3) is 1.84. The number of rotatable bonds is 0. The Bertz CT molecular complexity index is 433. The molecule has 0 atom stereocenters. The molecule has 0 aliphatic carbocycles. The van der Waals surface area contributed by atoms with E-state index in [1.54, 1.807) is 18.3 Å². The molecule has 2 aromatic rings. The van der Waals surface area contributed by atoms with Crippen molar-refractivity contribution in [2.24, 2.45) is 0 Å². The molecule has 2 aromatic heterocycles. The number of nitrogens with zero attached hydrogens (tertiary/aromatic N) is 2. The minimum Gasteiger partial charge on any atom is -0.269 e. The van der Waals surface area contributed by atoms with Crippen LogP contribution >= 0.6 is 0 Å². The smallest absolute Gasteiger partial charge is 0.257 e. The van der Waals surface area contributed by atoms with Crippen molar-refractivity contribution in [1.29, 1.82) is 0 Å². The Morgan fingerprint density at radius 2 is 2.08 bits per heavy atom. The average Bonchev–Trinajstić information content (AvgIpc) is 2.06. The Morgan fingerprint density at radius 1 is 1.25 bits per heavy atom. The predicted octanol–water partition coefficient (Wildman–Crippen LogP) is 0.314. The van der Waals surface area contributed by atoms with E-state index in [0.29, 0.717) is 5.65 Å². The number of hydrogen-bond acceptors (Lipinski definition) is 2. The van der Waals surface area contributed by atoms with E-state index in [-0.39, 0.29) is 56.9 Å². The fourth-order valence-corrected chi connectivity index (χ4v) is 0.983. The van der Waals surface area contributed by atoms with Gasteiger partial charge in [-0.15, -0.1) is 0 Å². The number of hydrogen-bond donors (Lipinski definition) is 0. The normalized spacial score (nSPS) is 9.33. The van der Waals surface area contributed by atoms with E-state index < -0.39 is 0 Å². The minimum atomic E-state index is -0.0457. The molecule has 0 aliphatic rings. The van der Waals surface area contributed by atoms with Crippen LogP contribution in [-0.4, -0.2) is 60.8 Å². The molecule has 0 saturated carbocycles. The van der Waals surface area contributed by atoms with Gasteiger partial charge in [0.25, 0.3) is 5.56 Å². The van der Waals surface area contributed by atoms with Crippen LogP contribution in [-0.2, 0) is 0 Å². The van der Waals surface area contributed by atoms with Gasteiger partial charge < -0.3 is 0 Å². The fraction of sp³-hybridized carbons (Fsp3) is 0. The van der Waals surface area contributed by atoms with Gasteiger partial charge in [-0.2, -0.15) is 0 Å². The van der Waals surface area contributed by atoms with Gasteiger partial charge in [-0.3, -0.25) is 9.20 Å². The second kappa shape index (κ2) is 4.29. The molecule has 2 heterocycles. The number of pyridine rings is 1. The molecule has 55 valence electrons. The Kier molecular flexibility index (Phi) is 3.61. The molecule has 0 amide bonds. The molecule has 1 radical (unpaired) electrons. The van der Waals surface area contributed by atoms with E-state index in [1.807, 2.05) is 6.07 Å². The summed E-state index contributed by atoms with van der Waals surface area (Å²) in [5, 5.41) is 0. The first kappa shape index (κ1) is 10.1. The van der Waals surface area contributed by atoms with Gasteiger partial charge in [0.1, 0.15) is 5.65 Å². The zero-order valence-corrected chi connectivity index (χ0v) is 9.89. The van der Waals surface area contributed by atoms with Gasteiger partial charge in [0.05, 0.1) is 0 Å². The van der Waals surface area contributed by atoms with Crippen LogP contribution in [0.2, 0.25) is 0 Å². The van der Waals surface area contributed by atoms with Crippen LogP contribution in [0.25, 0.3) is 5.65 Å². The van der Waals surface area contributed by atoms with Crippen molar-refractivity contribution in [2.45, 2.75) is 0 Å². The Hall–Kier alpha value is -0.00364. The Labute approximate surface area is 112 Å². The molecule has 0 fully saturated rings. The Morgan fingerprint density at radius 3 is 2.83 bits per heavy atom. The molecular formula is C8H6KN2O. The monoisotopic (exact) mass is 185 g/mol. The summed E-state index contributed by atoms with van der Waals surface area (Å²) in [5.74, 6) is 0. The third-order valence-corrected chi connectivity index (χ3v) is 1.50. The quantitative estimate of drug-likeness (QED) is 0.554. The molecule has 0 unspecified atom stereocenters. The maximum absolute atomic E-state index is 11.1. The van der Waals surface area contributed by atoms with Gasteiger partial charge in [0.2, 0.25) is 0 Å². The van der Waals surface area contributed by atoms with Gasteiger partial charge >= 0.3 is 0 Å². The first-order valence-electron chi connectivity index (χ1n) is 3.30. The third-order valence-electron chi connectivity index (χ3n) is 1.50. The molecule has 0 saturated heterocycles. The van der Waals surface area contributed by atoms with E-state index in [1.165, 1.54) is 16.7 Å². The Balaban J connectivity index is 0.000000720. The average molecular weight is 185 g/mol. The molecule has 12 heavy (non-hydrogen) atoms. The second-order valence-electron chi connectivity index (χ2n) is 2.21. The summed E-state index contributed by atoms with van der Waals surface area (Å²) in [6.07, 6.45) is 3.21. The van der Waals surface area contributed by atoms with E-state index in [2.05, 4.69) is 4.98 Å². The predicted molar refractivity (Wildman–Crippen MR) is 47.2 cm³/mol. The van der Waals surface area contributed by atoms with Gasteiger partial charge in [-0.1, -0.05) is 6.07 Å². The van der Waals surface area contributed by atoms with Crippen LogP contribution < -0.4 is 5.56 Å². The number of aromatic nitrogens is 2. The molecule has 0 aromatic carbocycles. The summed E-state index contributed by atoms with van der Waals surface area (Å²) in [7, 11) is 0. The van der Waals surface area contributed by atoms with Crippen LogP contribution in [0.5, 0.6) is 0 Å². The van der Waals surface area contributed by atoms with Gasteiger partial charge in [-0.05, 0) is 12.1 Å². The maximum atomic E-state index is 11.1. The van der Waals surface area contributed by atoms with E-state index in [4.69, 9.17) is 0 Å². The van der Waals surface area contributed by atoms with Crippen molar-refractivity contribution in [3.05, 3.63) is 47.0 Å². The van der Waals surface area contributed by atoms with Crippen molar-refractivity contribution < 1.29 is 0 Å². The molecular weight excluding hydrogens is 179 g/mol. The summed E-state index contributed by atoms with van der Waals surface area (Å²) >= 11 is 0. The first-order valence-corrected chi connectivity index (χ1v) is 3.30. The molecule has 2 rings (SSSR count). The molecule has 3 nitrogen and oxygen atoms in total. The molecule has 0 spiro atoms. The summed E-state index contributed by atoms with van der Waals surface area (Å²) in [6.45, 7) is 0. The summed E-state index contributed by atoms with van der Waals surface area (Å²) in [6, 6.07) is 6.88. The van der Waals surface area contributed by atoms with Crippen molar-refractivity contribution in [1.82, 2.24) is 9.38 Å². The van der Waals surface area contributed by atoms with Gasteiger partial charge in [-0.25, -0.2) is 4.98 Å². The van der Waals surface area contributed by atoms with E-state index >= 15 is 0 Å².